The normalized spacial score (nSPS) is 17.6. The lowest BCUT2D eigenvalue weighted by molar-refractivity contribution is -0.135. The number of nitrogens with two attached hydrogens (primary N) is 1. The van der Waals surface area contributed by atoms with Gasteiger partial charge in [0.25, 0.3) is 0 Å². The molecule has 1 heterocycles. The summed E-state index contributed by atoms with van der Waals surface area (Å²) in [6.45, 7) is 4.69. The lowest BCUT2D eigenvalue weighted by atomic mass is 9.96. The van der Waals surface area contributed by atoms with Gasteiger partial charge in [0.2, 0.25) is 5.91 Å². The fraction of sp³-hybridized carbons (Fsp3) is 0.600. The van der Waals surface area contributed by atoms with Crippen LogP contribution in [0.4, 0.5) is 0 Å². The number of carbonyl (C=O) groups excluding carboxylic acids is 2. The van der Waals surface area contributed by atoms with Gasteiger partial charge in [-0.15, -0.1) is 12.4 Å². The monoisotopic (exact) mass is 398 g/mol. The second-order valence-electron chi connectivity index (χ2n) is 6.88. The summed E-state index contributed by atoms with van der Waals surface area (Å²) in [6.07, 6.45) is 4.23. The topological polar surface area (TPSA) is 81.9 Å². The van der Waals surface area contributed by atoms with E-state index in [4.69, 9.17) is 15.2 Å². The predicted octanol–water partition coefficient (Wildman–Crippen LogP) is 3.21. The number of benzene rings is 1. The van der Waals surface area contributed by atoms with Gasteiger partial charge in [0.05, 0.1) is 13.7 Å². The van der Waals surface area contributed by atoms with Crippen molar-refractivity contribution in [2.75, 3.05) is 20.3 Å². The number of rotatable bonds is 8. The van der Waals surface area contributed by atoms with Crippen LogP contribution in [0.5, 0.6) is 11.5 Å². The number of Topliss-reactive ketones (excluding diaryl/α,β-unsaturated/α-hetero) is 1. The molecule has 0 radical (unpaired) electrons. The summed E-state index contributed by atoms with van der Waals surface area (Å²) in [7, 11) is 1.54. The van der Waals surface area contributed by atoms with Gasteiger partial charge in [-0.25, -0.2) is 0 Å². The van der Waals surface area contributed by atoms with E-state index in [2.05, 4.69) is 0 Å². The van der Waals surface area contributed by atoms with Crippen LogP contribution in [0.25, 0.3) is 0 Å². The summed E-state index contributed by atoms with van der Waals surface area (Å²) in [5.41, 5.74) is 6.62. The first kappa shape index (κ1) is 23.2. The molecular weight excluding hydrogens is 368 g/mol. The van der Waals surface area contributed by atoms with Crippen molar-refractivity contribution in [1.82, 2.24) is 4.90 Å². The zero-order valence-corrected chi connectivity index (χ0v) is 17.2. The molecule has 1 aliphatic rings. The van der Waals surface area contributed by atoms with Crippen molar-refractivity contribution in [2.24, 2.45) is 5.73 Å². The standard InChI is InChI=1S/C20H30N2O4.ClH/c1-14(21)17-7-4-5-11-22(17)20(24)8-6-12-26-18-10-9-16(15(2)23)13-19(18)25-3;/h9-10,13-14,17H,4-8,11-12,21H2,1-3H3;1H. The highest BCUT2D eigenvalue weighted by molar-refractivity contribution is 5.94. The first-order chi connectivity index (χ1) is 12.4. The third-order valence-electron chi connectivity index (χ3n) is 4.84. The Morgan fingerprint density at radius 1 is 1.30 bits per heavy atom. The van der Waals surface area contributed by atoms with Crippen molar-refractivity contribution in [1.29, 1.82) is 0 Å². The number of piperidine rings is 1. The molecule has 1 saturated heterocycles. The highest BCUT2D eigenvalue weighted by atomic mass is 35.5. The Labute approximate surface area is 167 Å². The lowest BCUT2D eigenvalue weighted by Gasteiger charge is -2.38. The van der Waals surface area contributed by atoms with Crippen molar-refractivity contribution < 1.29 is 19.1 Å². The van der Waals surface area contributed by atoms with Crippen molar-refractivity contribution >= 4 is 24.1 Å². The molecule has 0 saturated carbocycles. The molecule has 2 unspecified atom stereocenters. The van der Waals surface area contributed by atoms with Crippen LogP contribution < -0.4 is 15.2 Å². The number of ether oxygens (including phenoxy) is 2. The third-order valence-corrected chi connectivity index (χ3v) is 4.84. The first-order valence-electron chi connectivity index (χ1n) is 9.31. The number of halogens is 1. The molecule has 6 nitrogen and oxygen atoms in total. The minimum absolute atomic E-state index is 0. The van der Waals surface area contributed by atoms with Crippen LogP contribution in [0.1, 0.15) is 56.3 Å². The van der Waals surface area contributed by atoms with Gasteiger partial charge < -0.3 is 20.1 Å². The van der Waals surface area contributed by atoms with E-state index in [9.17, 15) is 9.59 Å². The van der Waals surface area contributed by atoms with E-state index in [0.29, 0.717) is 36.5 Å². The Morgan fingerprint density at radius 3 is 2.67 bits per heavy atom. The van der Waals surface area contributed by atoms with Crippen LogP contribution in [-0.2, 0) is 4.79 Å². The quantitative estimate of drug-likeness (QED) is 0.537. The van der Waals surface area contributed by atoms with E-state index < -0.39 is 0 Å². The number of hydrogen-bond donors (Lipinski definition) is 1. The number of nitrogens with zero attached hydrogens (tertiary/aromatic N) is 1. The maximum Gasteiger partial charge on any atom is 0.222 e. The molecule has 1 aliphatic heterocycles. The highest BCUT2D eigenvalue weighted by Crippen LogP contribution is 2.28. The van der Waals surface area contributed by atoms with Gasteiger partial charge in [0, 0.05) is 30.6 Å². The van der Waals surface area contributed by atoms with Crippen LogP contribution in [0, 0.1) is 0 Å². The van der Waals surface area contributed by atoms with E-state index in [0.717, 1.165) is 25.8 Å². The summed E-state index contributed by atoms with van der Waals surface area (Å²) in [5, 5.41) is 0. The SMILES string of the molecule is COc1cc(C(C)=O)ccc1OCCCC(=O)N1CCCCC1C(C)N.Cl. The molecular formula is C20H31ClN2O4. The molecule has 1 aromatic rings. The number of ketones is 1. The fourth-order valence-electron chi connectivity index (χ4n) is 3.37. The molecule has 1 amide bonds. The molecule has 1 aromatic carbocycles. The minimum Gasteiger partial charge on any atom is -0.493 e. The molecule has 2 N–H and O–H groups in total. The molecule has 0 bridgehead atoms. The highest BCUT2D eigenvalue weighted by Gasteiger charge is 2.28. The van der Waals surface area contributed by atoms with E-state index in [1.165, 1.54) is 6.92 Å². The first-order valence-corrected chi connectivity index (χ1v) is 9.31. The summed E-state index contributed by atoms with van der Waals surface area (Å²) in [6, 6.07) is 5.26. The fourth-order valence-corrected chi connectivity index (χ4v) is 3.37. The summed E-state index contributed by atoms with van der Waals surface area (Å²) in [5.74, 6) is 1.23. The van der Waals surface area contributed by atoms with Crippen LogP contribution in [0.3, 0.4) is 0 Å². The van der Waals surface area contributed by atoms with E-state index >= 15 is 0 Å². The van der Waals surface area contributed by atoms with Crippen LogP contribution >= 0.6 is 12.4 Å². The average Bonchev–Trinajstić information content (AvgIpc) is 2.64. The summed E-state index contributed by atoms with van der Waals surface area (Å²) < 4.78 is 11.0. The predicted molar refractivity (Wildman–Crippen MR) is 108 cm³/mol. The maximum atomic E-state index is 12.5. The molecule has 7 heteroatoms. The molecule has 27 heavy (non-hydrogen) atoms. The second-order valence-corrected chi connectivity index (χ2v) is 6.88. The third kappa shape index (κ3) is 6.40. The zero-order valence-electron chi connectivity index (χ0n) is 16.4. The van der Waals surface area contributed by atoms with Crippen LogP contribution in [0.2, 0.25) is 0 Å². The van der Waals surface area contributed by atoms with E-state index in [-0.39, 0.29) is 36.2 Å². The zero-order chi connectivity index (χ0) is 19.1. The Kier molecular flexibility index (Phi) is 9.60. The molecule has 2 rings (SSSR count). The molecule has 152 valence electrons. The largest absolute Gasteiger partial charge is 0.493 e. The van der Waals surface area contributed by atoms with E-state index in [1.54, 1.807) is 25.3 Å². The van der Waals surface area contributed by atoms with Crippen molar-refractivity contribution in [3.8, 4) is 11.5 Å². The molecule has 0 spiro atoms. The van der Waals surface area contributed by atoms with Gasteiger partial charge in [0.1, 0.15) is 0 Å². The van der Waals surface area contributed by atoms with Crippen molar-refractivity contribution in [3.63, 3.8) is 0 Å². The average molecular weight is 399 g/mol. The Balaban J connectivity index is 0.00000364. The van der Waals surface area contributed by atoms with Gasteiger partial charge in [-0.1, -0.05) is 0 Å². The maximum absolute atomic E-state index is 12.5. The number of carbonyl (C=O) groups is 2. The van der Waals surface area contributed by atoms with Crippen LogP contribution in [-0.4, -0.2) is 48.9 Å². The van der Waals surface area contributed by atoms with Gasteiger partial charge in [-0.05, 0) is 57.7 Å². The molecule has 1 fully saturated rings. The number of amides is 1. The molecule has 0 aromatic heterocycles. The summed E-state index contributed by atoms with van der Waals surface area (Å²) >= 11 is 0. The number of methoxy groups -OCH3 is 1. The number of hydrogen-bond acceptors (Lipinski definition) is 5. The van der Waals surface area contributed by atoms with Gasteiger partial charge in [-0.2, -0.15) is 0 Å². The number of likely N-dealkylation sites (tertiary alicyclic amines) is 1. The van der Waals surface area contributed by atoms with Gasteiger partial charge in [0.15, 0.2) is 17.3 Å². The van der Waals surface area contributed by atoms with Crippen molar-refractivity contribution in [3.05, 3.63) is 23.8 Å². The van der Waals surface area contributed by atoms with Crippen LogP contribution in [0.15, 0.2) is 18.2 Å². The lowest BCUT2D eigenvalue weighted by Crippen LogP contribution is -2.51. The van der Waals surface area contributed by atoms with Gasteiger partial charge in [-0.3, -0.25) is 9.59 Å². The molecule has 0 aliphatic carbocycles. The Hall–Kier alpha value is -1.79. The second kappa shape index (κ2) is 11.1. The molecule has 2 atom stereocenters. The van der Waals surface area contributed by atoms with Crippen molar-refractivity contribution in [2.45, 2.75) is 58.0 Å². The Bertz CT molecular complexity index is 636. The minimum atomic E-state index is -0.0225. The van der Waals surface area contributed by atoms with Gasteiger partial charge >= 0.3 is 0 Å². The Morgan fingerprint density at radius 2 is 2.04 bits per heavy atom. The smallest absolute Gasteiger partial charge is 0.222 e. The summed E-state index contributed by atoms with van der Waals surface area (Å²) in [4.78, 5) is 25.9. The van der Waals surface area contributed by atoms with E-state index in [1.807, 2.05) is 11.8 Å².